The van der Waals surface area contributed by atoms with E-state index in [2.05, 4.69) is 0 Å². The zero-order valence-electron chi connectivity index (χ0n) is 3.42. The number of hydrogen-bond donors (Lipinski definition) is 0. The molecule has 1 heterocycles. The Morgan fingerprint density at radius 1 is 1.83 bits per heavy atom. The first-order valence-corrected chi connectivity index (χ1v) is 2.45. The van der Waals surface area contributed by atoms with Crippen molar-refractivity contribution < 1.29 is 4.84 Å². The highest BCUT2D eigenvalue weighted by Gasteiger charge is 1.97. The lowest BCUT2D eigenvalue weighted by Gasteiger charge is -2.00. The van der Waals surface area contributed by atoms with E-state index in [1.807, 2.05) is 12.5 Å². The third-order valence-corrected chi connectivity index (χ3v) is 1.09. The fourth-order valence-corrected chi connectivity index (χ4v) is 0.616. The molecule has 0 spiro atoms. The molecule has 0 saturated heterocycles. The van der Waals surface area contributed by atoms with Crippen molar-refractivity contribution >= 4 is 11.9 Å². The molecule has 0 amide bonds. The van der Waals surface area contributed by atoms with Gasteiger partial charge in [-0.25, -0.2) is 0 Å². The Morgan fingerprint density at radius 2 is 2.67 bits per heavy atom. The van der Waals surface area contributed by atoms with Crippen LogP contribution in [0.2, 0.25) is 0 Å². The highest BCUT2D eigenvalue weighted by atomic mass is 32.2. The SMILES string of the molecule is CN1OC=CS1. The number of hydroxylamine groups is 1. The van der Waals surface area contributed by atoms with Crippen LogP contribution in [0.25, 0.3) is 0 Å². The molecule has 2 nitrogen and oxygen atoms in total. The van der Waals surface area contributed by atoms with Crippen molar-refractivity contribution in [3.05, 3.63) is 11.7 Å². The first-order valence-electron chi connectivity index (χ1n) is 1.62. The Morgan fingerprint density at radius 3 is 2.83 bits per heavy atom. The van der Waals surface area contributed by atoms with Crippen LogP contribution >= 0.6 is 11.9 Å². The molecule has 0 fully saturated rings. The molecule has 0 radical (unpaired) electrons. The summed E-state index contributed by atoms with van der Waals surface area (Å²) >= 11 is 1.53. The summed E-state index contributed by atoms with van der Waals surface area (Å²) in [5, 5.41) is 1.88. The molecule has 0 aromatic carbocycles. The second-order valence-corrected chi connectivity index (χ2v) is 1.92. The van der Waals surface area contributed by atoms with Gasteiger partial charge in [0.25, 0.3) is 0 Å². The van der Waals surface area contributed by atoms with Gasteiger partial charge in [0.15, 0.2) is 0 Å². The molecule has 6 heavy (non-hydrogen) atoms. The highest BCUT2D eigenvalue weighted by molar-refractivity contribution is 7.99. The summed E-state index contributed by atoms with van der Waals surface area (Å²) in [6.45, 7) is 0. The predicted octanol–water partition coefficient (Wildman–Crippen LogP) is 0.983. The third-order valence-electron chi connectivity index (χ3n) is 0.474. The monoisotopic (exact) mass is 103 g/mol. The van der Waals surface area contributed by atoms with Crippen LogP contribution in [0.1, 0.15) is 0 Å². The standard InChI is InChI=1S/C3H5NOS/c1-4-5-2-3-6-4/h2-3H,1H3. The van der Waals surface area contributed by atoms with Crippen molar-refractivity contribution in [1.29, 1.82) is 0 Å². The maximum Gasteiger partial charge on any atom is 0.120 e. The van der Waals surface area contributed by atoms with E-state index in [9.17, 15) is 0 Å². The lowest BCUT2D eigenvalue weighted by Crippen LogP contribution is -1.97. The zero-order chi connectivity index (χ0) is 4.41. The van der Waals surface area contributed by atoms with E-state index in [-0.39, 0.29) is 0 Å². The molecule has 3 heteroatoms. The summed E-state index contributed by atoms with van der Waals surface area (Å²) in [4.78, 5) is 4.77. The lowest BCUT2D eigenvalue weighted by atomic mass is 11.2. The van der Waals surface area contributed by atoms with Crippen LogP contribution in [0, 0.1) is 0 Å². The lowest BCUT2D eigenvalue weighted by molar-refractivity contribution is 0.0312. The van der Waals surface area contributed by atoms with Crippen molar-refractivity contribution in [2.24, 2.45) is 0 Å². The Bertz CT molecular complexity index is 65.2. The van der Waals surface area contributed by atoms with Gasteiger partial charge in [-0.15, -0.1) is 0 Å². The van der Waals surface area contributed by atoms with Crippen LogP contribution in [-0.4, -0.2) is 11.5 Å². The maximum absolute atomic E-state index is 4.77. The van der Waals surface area contributed by atoms with Crippen LogP contribution in [0.3, 0.4) is 0 Å². The summed E-state index contributed by atoms with van der Waals surface area (Å²) in [7, 11) is 1.85. The van der Waals surface area contributed by atoms with Crippen LogP contribution in [-0.2, 0) is 4.84 Å². The van der Waals surface area contributed by atoms with Crippen molar-refractivity contribution in [3.63, 3.8) is 0 Å². The second kappa shape index (κ2) is 1.53. The van der Waals surface area contributed by atoms with E-state index >= 15 is 0 Å². The normalized spacial score (nSPS) is 21.5. The number of nitrogens with zero attached hydrogens (tertiary/aromatic N) is 1. The number of rotatable bonds is 0. The van der Waals surface area contributed by atoms with Crippen LogP contribution in [0.4, 0.5) is 0 Å². The van der Waals surface area contributed by atoms with E-state index in [0.29, 0.717) is 0 Å². The highest BCUT2D eigenvalue weighted by Crippen LogP contribution is 2.14. The van der Waals surface area contributed by atoms with Gasteiger partial charge in [-0.3, -0.25) is 0 Å². The molecule has 0 saturated carbocycles. The largest absolute Gasteiger partial charge is 0.403 e. The van der Waals surface area contributed by atoms with E-state index in [1.165, 1.54) is 11.9 Å². The molecule has 0 aliphatic carbocycles. The van der Waals surface area contributed by atoms with Crippen LogP contribution in [0.5, 0.6) is 0 Å². The van der Waals surface area contributed by atoms with Gasteiger partial charge < -0.3 is 4.84 Å². The molecule has 1 rings (SSSR count). The molecule has 0 atom stereocenters. The van der Waals surface area contributed by atoms with Gasteiger partial charge in [0, 0.05) is 12.5 Å². The van der Waals surface area contributed by atoms with E-state index in [0.717, 1.165) is 0 Å². The van der Waals surface area contributed by atoms with Gasteiger partial charge in [-0.1, -0.05) is 4.47 Å². The van der Waals surface area contributed by atoms with E-state index < -0.39 is 0 Å². The van der Waals surface area contributed by atoms with Crippen molar-refractivity contribution in [2.45, 2.75) is 0 Å². The topological polar surface area (TPSA) is 12.5 Å². The molecule has 0 unspecified atom stereocenters. The Balaban J connectivity index is 2.32. The summed E-state index contributed by atoms with van der Waals surface area (Å²) in [6.07, 6.45) is 1.64. The van der Waals surface area contributed by atoms with Crippen LogP contribution in [0.15, 0.2) is 11.7 Å². The van der Waals surface area contributed by atoms with Gasteiger partial charge in [-0.2, -0.15) is 0 Å². The fourth-order valence-electron chi connectivity index (χ4n) is 0.246. The minimum Gasteiger partial charge on any atom is -0.403 e. The van der Waals surface area contributed by atoms with Gasteiger partial charge in [0.1, 0.15) is 6.26 Å². The van der Waals surface area contributed by atoms with Crippen LogP contribution < -0.4 is 0 Å². The number of hydrogen-bond acceptors (Lipinski definition) is 3. The molecule has 0 N–H and O–H groups in total. The second-order valence-electron chi connectivity index (χ2n) is 0.923. The minimum absolute atomic E-state index is 1.53. The average Bonchev–Trinajstić information content (AvgIpc) is 1.86. The Kier molecular flexibility index (Phi) is 1.03. The smallest absolute Gasteiger partial charge is 0.120 e. The van der Waals surface area contributed by atoms with Gasteiger partial charge in [0.2, 0.25) is 0 Å². The quantitative estimate of drug-likeness (QED) is 0.424. The summed E-state index contributed by atoms with van der Waals surface area (Å²) in [5.41, 5.74) is 0. The molecular formula is C3H5NOS. The van der Waals surface area contributed by atoms with Gasteiger partial charge >= 0.3 is 0 Å². The average molecular weight is 103 g/mol. The molecule has 0 aromatic heterocycles. The summed E-state index contributed by atoms with van der Waals surface area (Å²) < 4.78 is 1.67. The van der Waals surface area contributed by atoms with Gasteiger partial charge in [-0.05, 0) is 11.9 Å². The Hall–Kier alpha value is -0.150. The maximum atomic E-state index is 4.77. The molecule has 1 aliphatic heterocycles. The molecule has 34 valence electrons. The van der Waals surface area contributed by atoms with Crippen molar-refractivity contribution in [3.8, 4) is 0 Å². The molecule has 0 aromatic rings. The van der Waals surface area contributed by atoms with E-state index in [1.54, 1.807) is 10.7 Å². The Labute approximate surface area is 40.9 Å². The summed E-state index contributed by atoms with van der Waals surface area (Å²) in [6, 6.07) is 0. The predicted molar refractivity (Wildman–Crippen MR) is 25.6 cm³/mol. The van der Waals surface area contributed by atoms with Crippen molar-refractivity contribution in [2.75, 3.05) is 7.05 Å². The van der Waals surface area contributed by atoms with E-state index in [4.69, 9.17) is 4.84 Å². The third kappa shape index (κ3) is 0.666. The molecule has 1 aliphatic rings. The molecule has 0 bridgehead atoms. The fraction of sp³-hybridized carbons (Fsp3) is 0.333. The zero-order valence-corrected chi connectivity index (χ0v) is 4.23. The first-order chi connectivity index (χ1) is 2.89. The summed E-state index contributed by atoms with van der Waals surface area (Å²) in [5.74, 6) is 0. The van der Waals surface area contributed by atoms with Crippen molar-refractivity contribution in [1.82, 2.24) is 4.47 Å². The van der Waals surface area contributed by atoms with Gasteiger partial charge in [0.05, 0.1) is 0 Å². The minimum atomic E-state index is 1.53. The first kappa shape index (κ1) is 4.02. The molecular weight excluding hydrogens is 98.1 g/mol.